The molecule has 0 saturated heterocycles. The highest BCUT2D eigenvalue weighted by Gasteiger charge is 2.21. The monoisotopic (exact) mass is 408 g/mol. The van der Waals surface area contributed by atoms with E-state index in [9.17, 15) is 14.9 Å². The van der Waals surface area contributed by atoms with Crippen molar-refractivity contribution in [2.45, 2.75) is 33.2 Å². The highest BCUT2D eigenvalue weighted by atomic mass is 16.6. The number of nitrogens with one attached hydrogen (secondary N) is 1. The fourth-order valence-corrected chi connectivity index (χ4v) is 3.20. The molecule has 1 N–H and O–H groups in total. The van der Waals surface area contributed by atoms with Gasteiger partial charge in [0.1, 0.15) is 5.75 Å². The lowest BCUT2D eigenvalue weighted by atomic mass is 10.0. The second-order valence-electron chi connectivity index (χ2n) is 7.87. The van der Waals surface area contributed by atoms with E-state index < -0.39 is 4.92 Å². The molecule has 0 radical (unpaired) electrons. The van der Waals surface area contributed by atoms with Crippen LogP contribution in [0.25, 0.3) is 16.9 Å². The van der Waals surface area contributed by atoms with Crippen LogP contribution in [0.3, 0.4) is 0 Å². The fourth-order valence-electron chi connectivity index (χ4n) is 3.20. The van der Waals surface area contributed by atoms with E-state index in [1.54, 1.807) is 7.11 Å². The van der Waals surface area contributed by atoms with Crippen LogP contribution >= 0.6 is 0 Å². The molecular weight excluding hydrogens is 384 g/mol. The van der Waals surface area contributed by atoms with Crippen LogP contribution in [0.2, 0.25) is 0 Å². The number of hydrogen-bond acceptors (Lipinski definition) is 5. The van der Waals surface area contributed by atoms with Gasteiger partial charge in [0, 0.05) is 23.4 Å². The number of non-ortho nitro benzene ring substituents is 1. The number of nitro benzene ring substituents is 1. The summed E-state index contributed by atoms with van der Waals surface area (Å²) in [4.78, 5) is 28.5. The van der Waals surface area contributed by atoms with Gasteiger partial charge in [0.25, 0.3) is 11.2 Å². The van der Waals surface area contributed by atoms with E-state index in [2.05, 4.69) is 10.1 Å². The van der Waals surface area contributed by atoms with Gasteiger partial charge in [-0.2, -0.15) is 0 Å². The molecule has 8 nitrogen and oxygen atoms in total. The van der Waals surface area contributed by atoms with E-state index in [0.717, 1.165) is 5.56 Å². The van der Waals surface area contributed by atoms with Crippen LogP contribution < -0.4 is 10.3 Å². The number of rotatable bonds is 5. The number of H-pyrrole nitrogens is 1. The van der Waals surface area contributed by atoms with Crippen molar-refractivity contribution in [1.29, 1.82) is 0 Å². The van der Waals surface area contributed by atoms with Crippen molar-refractivity contribution < 1.29 is 9.66 Å². The molecule has 1 heterocycles. The van der Waals surface area contributed by atoms with Crippen LogP contribution in [0.5, 0.6) is 5.75 Å². The van der Waals surface area contributed by atoms with Gasteiger partial charge in [-0.3, -0.25) is 25.0 Å². The second-order valence-corrected chi connectivity index (χ2v) is 7.87. The largest absolute Gasteiger partial charge is 0.497 e. The molecule has 0 unspecified atom stereocenters. The van der Waals surface area contributed by atoms with Crippen molar-refractivity contribution in [2.24, 2.45) is 4.99 Å². The van der Waals surface area contributed by atoms with Crippen LogP contribution in [-0.2, 0) is 0 Å². The Labute approximate surface area is 174 Å². The topological polar surface area (TPSA) is 103 Å². The zero-order valence-electron chi connectivity index (χ0n) is 17.6. The average Bonchev–Trinajstić information content (AvgIpc) is 3.04. The molecule has 30 heavy (non-hydrogen) atoms. The van der Waals surface area contributed by atoms with Gasteiger partial charge >= 0.3 is 0 Å². The molecule has 156 valence electrons. The zero-order chi connectivity index (χ0) is 22.1. The molecule has 0 fully saturated rings. The summed E-state index contributed by atoms with van der Waals surface area (Å²) in [5.74, 6) is 0.706. The fraction of sp³-hybridized carbons (Fsp3) is 0.273. The highest BCUT2D eigenvalue weighted by Crippen LogP contribution is 2.25. The second kappa shape index (κ2) is 7.98. The SMILES string of the molecule is COc1ccc(-c2[nH]n(-c3ccc([N+](=O)[O-])cc3)c(=O)c2C(C)=NC(C)(C)C)cc1. The maximum absolute atomic E-state index is 13.3. The summed E-state index contributed by atoms with van der Waals surface area (Å²) in [5.41, 5.74) is 2.29. The number of methoxy groups -OCH3 is 1. The minimum Gasteiger partial charge on any atom is -0.497 e. The summed E-state index contributed by atoms with van der Waals surface area (Å²) in [7, 11) is 1.59. The molecule has 3 aromatic rings. The standard InChI is InChI=1S/C22H24N4O4/c1-14(23-22(2,3)4)19-20(15-6-12-18(30-5)13-7-15)24-25(21(19)27)16-8-10-17(11-9-16)26(28)29/h6-13,24H,1-5H3. The Morgan fingerprint density at radius 2 is 1.70 bits per heavy atom. The summed E-state index contributed by atoms with van der Waals surface area (Å²) in [6.07, 6.45) is 0. The van der Waals surface area contributed by atoms with E-state index in [1.165, 1.54) is 28.9 Å². The Kier molecular flexibility index (Phi) is 5.60. The van der Waals surface area contributed by atoms with Crippen molar-refractivity contribution in [3.05, 3.63) is 74.6 Å². The first-order valence-corrected chi connectivity index (χ1v) is 9.42. The zero-order valence-corrected chi connectivity index (χ0v) is 17.6. The molecule has 1 aromatic heterocycles. The maximum atomic E-state index is 13.3. The number of aliphatic imine (C=N–C) groups is 1. The van der Waals surface area contributed by atoms with Crippen molar-refractivity contribution >= 4 is 11.4 Å². The van der Waals surface area contributed by atoms with Crippen LogP contribution in [-0.4, -0.2) is 33.1 Å². The number of aromatic nitrogens is 2. The molecule has 0 atom stereocenters. The maximum Gasteiger partial charge on any atom is 0.280 e. The lowest BCUT2D eigenvalue weighted by Crippen LogP contribution is -2.22. The number of benzene rings is 2. The summed E-state index contributed by atoms with van der Waals surface area (Å²) >= 11 is 0. The summed E-state index contributed by atoms with van der Waals surface area (Å²) in [5, 5.41) is 14.1. The van der Waals surface area contributed by atoms with Gasteiger partial charge in [-0.25, -0.2) is 4.68 Å². The molecule has 0 amide bonds. The molecule has 3 rings (SSSR count). The summed E-state index contributed by atoms with van der Waals surface area (Å²) < 4.78 is 6.60. The van der Waals surface area contributed by atoms with Gasteiger partial charge in [-0.15, -0.1) is 0 Å². The lowest BCUT2D eigenvalue weighted by Gasteiger charge is -2.14. The third-order valence-corrected chi connectivity index (χ3v) is 4.45. The quantitative estimate of drug-likeness (QED) is 0.385. The molecule has 0 spiro atoms. The third kappa shape index (κ3) is 4.32. The van der Waals surface area contributed by atoms with Crippen molar-refractivity contribution in [3.8, 4) is 22.7 Å². The highest BCUT2D eigenvalue weighted by molar-refractivity contribution is 6.03. The van der Waals surface area contributed by atoms with E-state index in [1.807, 2.05) is 52.0 Å². The average molecular weight is 408 g/mol. The summed E-state index contributed by atoms with van der Waals surface area (Å²) in [6.45, 7) is 7.70. The molecule has 8 heteroatoms. The summed E-state index contributed by atoms with van der Waals surface area (Å²) in [6, 6.07) is 13.2. The number of nitrogens with zero attached hydrogens (tertiary/aromatic N) is 3. The molecule has 0 bridgehead atoms. The van der Waals surface area contributed by atoms with Gasteiger partial charge < -0.3 is 4.74 Å². The minimum atomic E-state index is -0.477. The van der Waals surface area contributed by atoms with E-state index >= 15 is 0 Å². The Morgan fingerprint density at radius 3 is 2.20 bits per heavy atom. The van der Waals surface area contributed by atoms with Gasteiger partial charge in [0.05, 0.1) is 34.5 Å². The predicted molar refractivity (Wildman–Crippen MR) is 117 cm³/mol. The first-order chi connectivity index (χ1) is 14.1. The van der Waals surface area contributed by atoms with Gasteiger partial charge in [-0.1, -0.05) is 0 Å². The van der Waals surface area contributed by atoms with Crippen molar-refractivity contribution in [1.82, 2.24) is 9.78 Å². The molecular formula is C22H24N4O4. The number of nitro groups is 1. The molecule has 0 aliphatic carbocycles. The number of hydrogen-bond donors (Lipinski definition) is 1. The Hall–Kier alpha value is -3.68. The van der Waals surface area contributed by atoms with E-state index in [4.69, 9.17) is 4.74 Å². The molecule has 2 aromatic carbocycles. The van der Waals surface area contributed by atoms with Crippen molar-refractivity contribution in [2.75, 3.05) is 7.11 Å². The third-order valence-electron chi connectivity index (χ3n) is 4.45. The van der Waals surface area contributed by atoms with Gasteiger partial charge in [0.2, 0.25) is 0 Å². The smallest absolute Gasteiger partial charge is 0.280 e. The van der Waals surface area contributed by atoms with Crippen LogP contribution in [0.15, 0.2) is 58.3 Å². The van der Waals surface area contributed by atoms with Crippen LogP contribution in [0.1, 0.15) is 33.3 Å². The Morgan fingerprint density at radius 1 is 1.10 bits per heavy atom. The predicted octanol–water partition coefficient (Wildman–Crippen LogP) is 4.36. The molecule has 0 aliphatic rings. The first-order valence-electron chi connectivity index (χ1n) is 9.42. The molecule has 0 saturated carbocycles. The number of aromatic amines is 1. The van der Waals surface area contributed by atoms with Crippen molar-refractivity contribution in [3.63, 3.8) is 0 Å². The normalized spacial score (nSPS) is 12.1. The lowest BCUT2D eigenvalue weighted by molar-refractivity contribution is -0.384. The first kappa shape index (κ1) is 21.0. The van der Waals surface area contributed by atoms with E-state index in [-0.39, 0.29) is 16.8 Å². The number of ether oxygens (including phenoxy) is 1. The van der Waals surface area contributed by atoms with Gasteiger partial charge in [-0.05, 0) is 64.1 Å². The van der Waals surface area contributed by atoms with Crippen LogP contribution in [0, 0.1) is 10.1 Å². The Bertz CT molecular complexity index is 1150. The van der Waals surface area contributed by atoms with Crippen LogP contribution in [0.4, 0.5) is 5.69 Å². The molecule has 0 aliphatic heterocycles. The van der Waals surface area contributed by atoms with E-state index in [0.29, 0.717) is 28.4 Å². The van der Waals surface area contributed by atoms with Gasteiger partial charge in [0.15, 0.2) is 0 Å². The Balaban J connectivity index is 2.21. The minimum absolute atomic E-state index is 0.0422.